The maximum Gasteiger partial charge on any atom is 0.124 e. The Kier molecular flexibility index (Phi) is 3.01. The molecule has 0 atom stereocenters. The van der Waals surface area contributed by atoms with Crippen LogP contribution in [0.25, 0.3) is 21.8 Å². The molecule has 2 nitrogen and oxygen atoms in total. The van der Waals surface area contributed by atoms with Crippen molar-refractivity contribution in [2.24, 2.45) is 0 Å². The summed E-state index contributed by atoms with van der Waals surface area (Å²) >= 11 is 1.55. The van der Waals surface area contributed by atoms with Crippen LogP contribution in [0.1, 0.15) is 0 Å². The first-order valence-corrected chi connectivity index (χ1v) is 6.68. The van der Waals surface area contributed by atoms with Crippen molar-refractivity contribution in [1.82, 2.24) is 4.98 Å². The van der Waals surface area contributed by atoms with E-state index in [1.54, 1.807) is 23.5 Å². The zero-order valence-corrected chi connectivity index (χ0v) is 10.8. The van der Waals surface area contributed by atoms with E-state index in [2.05, 4.69) is 4.98 Å². The number of hydrogen-bond donors (Lipinski definition) is 1. The minimum atomic E-state index is -0.241. The Bertz CT molecular complexity index is 704. The number of halogens is 1. The summed E-state index contributed by atoms with van der Waals surface area (Å²) in [6.45, 7) is 0. The summed E-state index contributed by atoms with van der Waals surface area (Å²) in [5, 5.41) is 2.87. The average Bonchev–Trinajstić information content (AvgIpc) is 2.89. The normalized spacial score (nSPS) is 10.6. The van der Waals surface area contributed by atoms with Crippen LogP contribution in [0.5, 0.6) is 0 Å². The molecule has 0 aliphatic carbocycles. The number of aromatic nitrogens is 1. The molecule has 2 aromatic carbocycles. The molecule has 0 bridgehead atoms. The highest BCUT2D eigenvalue weighted by atomic mass is 32.1. The standard InChI is InChI=1S/C15H11FN2S/c16-12-6-4-10(5-7-12)14-9-19-15(18-14)11-2-1-3-13(17)8-11/h1-9H,17H2. The molecule has 0 aliphatic rings. The van der Waals surface area contributed by atoms with Crippen molar-refractivity contribution >= 4 is 17.0 Å². The van der Waals surface area contributed by atoms with Crippen molar-refractivity contribution in [3.8, 4) is 21.8 Å². The predicted octanol–water partition coefficient (Wildman–Crippen LogP) is 4.20. The highest BCUT2D eigenvalue weighted by Crippen LogP contribution is 2.29. The second-order valence-electron chi connectivity index (χ2n) is 4.17. The fraction of sp³-hybridized carbons (Fsp3) is 0. The van der Waals surface area contributed by atoms with Gasteiger partial charge in [-0.3, -0.25) is 0 Å². The molecule has 4 heteroatoms. The van der Waals surface area contributed by atoms with E-state index in [9.17, 15) is 4.39 Å². The first kappa shape index (κ1) is 11.9. The molecule has 0 aliphatic heterocycles. The molecule has 1 aromatic heterocycles. The lowest BCUT2D eigenvalue weighted by molar-refractivity contribution is 0.628. The van der Waals surface area contributed by atoms with E-state index in [4.69, 9.17) is 5.73 Å². The van der Waals surface area contributed by atoms with Crippen LogP contribution in [0.2, 0.25) is 0 Å². The van der Waals surface area contributed by atoms with Gasteiger partial charge in [0.25, 0.3) is 0 Å². The van der Waals surface area contributed by atoms with E-state index in [0.717, 1.165) is 27.5 Å². The van der Waals surface area contributed by atoms with Gasteiger partial charge < -0.3 is 5.73 Å². The molecular formula is C15H11FN2S. The number of benzene rings is 2. The molecule has 0 fully saturated rings. The molecule has 3 aromatic rings. The van der Waals surface area contributed by atoms with Crippen LogP contribution in [-0.4, -0.2) is 4.98 Å². The summed E-state index contributed by atoms with van der Waals surface area (Å²) < 4.78 is 12.9. The zero-order chi connectivity index (χ0) is 13.2. The van der Waals surface area contributed by atoms with E-state index in [1.165, 1.54) is 12.1 Å². The number of hydrogen-bond acceptors (Lipinski definition) is 3. The number of nitrogen functional groups attached to an aromatic ring is 1. The Balaban J connectivity index is 1.97. The first-order valence-electron chi connectivity index (χ1n) is 5.80. The topological polar surface area (TPSA) is 38.9 Å². The Morgan fingerprint density at radius 1 is 1.00 bits per heavy atom. The van der Waals surface area contributed by atoms with Gasteiger partial charge in [-0.25, -0.2) is 9.37 Å². The fourth-order valence-corrected chi connectivity index (χ4v) is 2.66. The summed E-state index contributed by atoms with van der Waals surface area (Å²) in [6, 6.07) is 14.0. The van der Waals surface area contributed by atoms with Crippen molar-refractivity contribution < 1.29 is 4.39 Å². The van der Waals surface area contributed by atoms with Crippen LogP contribution in [0.4, 0.5) is 10.1 Å². The van der Waals surface area contributed by atoms with Gasteiger partial charge in [0, 0.05) is 22.2 Å². The van der Waals surface area contributed by atoms with Crippen LogP contribution in [0.3, 0.4) is 0 Å². The number of nitrogens with zero attached hydrogens (tertiary/aromatic N) is 1. The van der Waals surface area contributed by atoms with Gasteiger partial charge in [0.2, 0.25) is 0 Å². The van der Waals surface area contributed by atoms with Crippen LogP contribution < -0.4 is 5.73 Å². The summed E-state index contributed by atoms with van der Waals surface area (Å²) in [5.74, 6) is -0.241. The molecule has 0 unspecified atom stereocenters. The monoisotopic (exact) mass is 270 g/mol. The highest BCUT2D eigenvalue weighted by molar-refractivity contribution is 7.13. The average molecular weight is 270 g/mol. The number of rotatable bonds is 2. The lowest BCUT2D eigenvalue weighted by Crippen LogP contribution is -1.85. The Morgan fingerprint density at radius 2 is 1.79 bits per heavy atom. The van der Waals surface area contributed by atoms with E-state index >= 15 is 0 Å². The maximum absolute atomic E-state index is 12.9. The van der Waals surface area contributed by atoms with Crippen LogP contribution in [-0.2, 0) is 0 Å². The lowest BCUT2D eigenvalue weighted by atomic mass is 10.1. The molecule has 0 spiro atoms. The van der Waals surface area contributed by atoms with Crippen molar-refractivity contribution in [1.29, 1.82) is 0 Å². The molecule has 3 rings (SSSR count). The minimum absolute atomic E-state index is 0.241. The molecule has 2 N–H and O–H groups in total. The summed E-state index contributed by atoms with van der Waals surface area (Å²) in [4.78, 5) is 4.56. The van der Waals surface area contributed by atoms with Gasteiger partial charge in [-0.05, 0) is 36.4 Å². The van der Waals surface area contributed by atoms with Crippen LogP contribution >= 0.6 is 11.3 Å². The Labute approximate surface area is 114 Å². The maximum atomic E-state index is 12.9. The molecule has 94 valence electrons. The van der Waals surface area contributed by atoms with Crippen molar-refractivity contribution in [3.05, 3.63) is 59.7 Å². The van der Waals surface area contributed by atoms with Gasteiger partial charge >= 0.3 is 0 Å². The Morgan fingerprint density at radius 3 is 2.53 bits per heavy atom. The second-order valence-corrected chi connectivity index (χ2v) is 5.03. The third-order valence-corrected chi connectivity index (χ3v) is 3.67. The first-order chi connectivity index (χ1) is 9.22. The van der Waals surface area contributed by atoms with Gasteiger partial charge in [-0.2, -0.15) is 0 Å². The van der Waals surface area contributed by atoms with Gasteiger partial charge in [-0.1, -0.05) is 12.1 Å². The van der Waals surface area contributed by atoms with Crippen LogP contribution in [0.15, 0.2) is 53.9 Å². The third kappa shape index (κ3) is 2.48. The number of thiazole rings is 1. The smallest absolute Gasteiger partial charge is 0.124 e. The molecular weight excluding hydrogens is 259 g/mol. The Hall–Kier alpha value is -2.20. The largest absolute Gasteiger partial charge is 0.399 e. The summed E-state index contributed by atoms with van der Waals surface area (Å²) in [7, 11) is 0. The van der Waals surface area contributed by atoms with Gasteiger partial charge in [0.1, 0.15) is 10.8 Å². The molecule has 1 heterocycles. The molecule has 0 radical (unpaired) electrons. The summed E-state index contributed by atoms with van der Waals surface area (Å²) in [5.41, 5.74) is 9.24. The quantitative estimate of drug-likeness (QED) is 0.709. The van der Waals surface area contributed by atoms with E-state index < -0.39 is 0 Å². The molecule has 0 saturated carbocycles. The molecule has 0 saturated heterocycles. The van der Waals surface area contributed by atoms with Crippen molar-refractivity contribution in [3.63, 3.8) is 0 Å². The van der Waals surface area contributed by atoms with Gasteiger partial charge in [0.05, 0.1) is 5.69 Å². The minimum Gasteiger partial charge on any atom is -0.399 e. The number of anilines is 1. The highest BCUT2D eigenvalue weighted by Gasteiger charge is 2.06. The van der Waals surface area contributed by atoms with E-state index in [0.29, 0.717) is 0 Å². The lowest BCUT2D eigenvalue weighted by Gasteiger charge is -1.98. The van der Waals surface area contributed by atoms with Crippen LogP contribution in [0, 0.1) is 5.82 Å². The van der Waals surface area contributed by atoms with Gasteiger partial charge in [0.15, 0.2) is 0 Å². The summed E-state index contributed by atoms with van der Waals surface area (Å²) in [6.07, 6.45) is 0. The SMILES string of the molecule is Nc1cccc(-c2nc(-c3ccc(F)cc3)cs2)c1. The molecule has 0 amide bonds. The van der Waals surface area contributed by atoms with E-state index in [1.807, 2.05) is 29.6 Å². The van der Waals surface area contributed by atoms with E-state index in [-0.39, 0.29) is 5.82 Å². The molecule has 19 heavy (non-hydrogen) atoms. The van der Waals surface area contributed by atoms with Crippen molar-refractivity contribution in [2.75, 3.05) is 5.73 Å². The van der Waals surface area contributed by atoms with Gasteiger partial charge in [-0.15, -0.1) is 11.3 Å². The van der Waals surface area contributed by atoms with Crippen molar-refractivity contribution in [2.45, 2.75) is 0 Å². The third-order valence-electron chi connectivity index (χ3n) is 2.78. The zero-order valence-electron chi connectivity index (χ0n) is 10.0. The second kappa shape index (κ2) is 4.82. The fourth-order valence-electron chi connectivity index (χ4n) is 1.83. The number of nitrogens with two attached hydrogens (primary N) is 1. The predicted molar refractivity (Wildman–Crippen MR) is 77.4 cm³/mol.